The van der Waals surface area contributed by atoms with Crippen LogP contribution in [0.1, 0.15) is 5.56 Å². The lowest BCUT2D eigenvalue weighted by molar-refractivity contribution is 0.246. The van der Waals surface area contributed by atoms with Crippen LogP contribution in [-0.2, 0) is 10.0 Å². The van der Waals surface area contributed by atoms with Crippen LogP contribution in [0, 0.1) is 6.92 Å². The molecule has 8 heteroatoms. The second kappa shape index (κ2) is 8.41. The zero-order valence-corrected chi connectivity index (χ0v) is 15.3. The molecule has 0 aliphatic heterocycles. The first-order chi connectivity index (χ1) is 11.4. The average Bonchev–Trinajstić information content (AvgIpc) is 2.53. The molecule has 0 heterocycles. The summed E-state index contributed by atoms with van der Waals surface area (Å²) >= 11 is 7.34. The van der Waals surface area contributed by atoms with Crippen LogP contribution in [0.25, 0.3) is 0 Å². The Morgan fingerprint density at radius 3 is 2.33 bits per heavy atom. The number of sulfonamides is 1. The van der Waals surface area contributed by atoms with Gasteiger partial charge in [0.2, 0.25) is 0 Å². The molecular formula is C16H17ClN2O3S2. The standard InChI is InChI=1S/C16H17ClN2O3S2/c1-12-2-8-15(9-3-12)24(21,22)19-16(20)18-10-11-23-14-6-4-13(17)5-7-14/h2-9H,10-11H2,1H3,(H2,18,19,20). The predicted octanol–water partition coefficient (Wildman–Crippen LogP) is 3.43. The maximum absolute atomic E-state index is 12.1. The van der Waals surface area contributed by atoms with Crippen molar-refractivity contribution in [3.05, 3.63) is 59.1 Å². The van der Waals surface area contributed by atoms with Crippen molar-refractivity contribution in [3.63, 3.8) is 0 Å². The predicted molar refractivity (Wildman–Crippen MR) is 97.1 cm³/mol. The summed E-state index contributed by atoms with van der Waals surface area (Å²) in [4.78, 5) is 12.8. The number of nitrogens with one attached hydrogen (secondary N) is 2. The van der Waals surface area contributed by atoms with Crippen LogP contribution in [-0.4, -0.2) is 26.7 Å². The van der Waals surface area contributed by atoms with E-state index in [1.54, 1.807) is 24.3 Å². The van der Waals surface area contributed by atoms with Crippen LogP contribution in [0.2, 0.25) is 5.02 Å². The molecule has 5 nitrogen and oxygen atoms in total. The number of rotatable bonds is 6. The molecule has 0 spiro atoms. The van der Waals surface area contributed by atoms with Crippen molar-refractivity contribution in [1.82, 2.24) is 10.0 Å². The minimum absolute atomic E-state index is 0.0544. The molecule has 0 radical (unpaired) electrons. The SMILES string of the molecule is Cc1ccc(S(=O)(=O)NC(=O)NCCSc2ccc(Cl)cc2)cc1. The van der Waals surface area contributed by atoms with E-state index in [9.17, 15) is 13.2 Å². The zero-order chi connectivity index (χ0) is 17.6. The van der Waals surface area contributed by atoms with Crippen molar-refractivity contribution in [3.8, 4) is 0 Å². The molecule has 0 saturated heterocycles. The molecule has 0 saturated carbocycles. The molecule has 2 rings (SSSR count). The summed E-state index contributed by atoms with van der Waals surface area (Å²) in [5.41, 5.74) is 0.942. The summed E-state index contributed by atoms with van der Waals surface area (Å²) in [5, 5.41) is 3.19. The number of aryl methyl sites for hydroxylation is 1. The lowest BCUT2D eigenvalue weighted by Gasteiger charge is -2.09. The fourth-order valence-corrected chi connectivity index (χ4v) is 3.62. The van der Waals surface area contributed by atoms with Crippen LogP contribution in [0.4, 0.5) is 4.79 Å². The molecule has 0 aromatic heterocycles. The molecule has 0 atom stereocenters. The van der Waals surface area contributed by atoms with Crippen molar-refractivity contribution in [2.45, 2.75) is 16.7 Å². The summed E-state index contributed by atoms with van der Waals surface area (Å²) in [6.07, 6.45) is 0. The number of thioether (sulfide) groups is 1. The Balaban J connectivity index is 1.78. The number of hydrogen-bond acceptors (Lipinski definition) is 4. The first-order valence-electron chi connectivity index (χ1n) is 7.12. The highest BCUT2D eigenvalue weighted by Gasteiger charge is 2.16. The highest BCUT2D eigenvalue weighted by Crippen LogP contribution is 2.19. The van der Waals surface area contributed by atoms with Crippen LogP contribution in [0.15, 0.2) is 58.3 Å². The van der Waals surface area contributed by atoms with E-state index in [0.29, 0.717) is 17.3 Å². The summed E-state index contributed by atoms with van der Waals surface area (Å²) in [6, 6.07) is 12.9. The van der Waals surface area contributed by atoms with E-state index in [4.69, 9.17) is 11.6 Å². The molecule has 0 unspecified atom stereocenters. The summed E-state index contributed by atoms with van der Waals surface area (Å²) in [5.74, 6) is 0.611. The van der Waals surface area contributed by atoms with Gasteiger partial charge in [-0.25, -0.2) is 17.9 Å². The Kier molecular flexibility index (Phi) is 6.53. The van der Waals surface area contributed by atoms with Gasteiger partial charge in [0, 0.05) is 22.2 Å². The number of benzene rings is 2. The largest absolute Gasteiger partial charge is 0.336 e. The van der Waals surface area contributed by atoms with E-state index in [-0.39, 0.29) is 4.90 Å². The first kappa shape index (κ1) is 18.6. The van der Waals surface area contributed by atoms with Crippen molar-refractivity contribution in [1.29, 1.82) is 0 Å². The molecule has 0 fully saturated rings. The van der Waals surface area contributed by atoms with Crippen molar-refractivity contribution >= 4 is 39.4 Å². The van der Waals surface area contributed by atoms with Gasteiger partial charge in [0.15, 0.2) is 0 Å². The van der Waals surface area contributed by atoms with E-state index in [2.05, 4.69) is 5.32 Å². The molecule has 0 aliphatic carbocycles. The smallest absolute Gasteiger partial charge is 0.328 e. The summed E-state index contributed by atoms with van der Waals surface area (Å²) < 4.78 is 26.1. The number of carbonyl (C=O) groups is 1. The van der Waals surface area contributed by atoms with E-state index in [1.807, 2.05) is 23.8 Å². The molecule has 0 bridgehead atoms. The molecule has 24 heavy (non-hydrogen) atoms. The summed E-state index contributed by atoms with van der Waals surface area (Å²) in [6.45, 7) is 2.19. The van der Waals surface area contributed by atoms with Crippen molar-refractivity contribution in [2.24, 2.45) is 0 Å². The number of halogens is 1. The Hall–Kier alpha value is -1.70. The molecule has 2 aromatic carbocycles. The topological polar surface area (TPSA) is 75.3 Å². The van der Waals surface area contributed by atoms with Gasteiger partial charge < -0.3 is 5.32 Å². The van der Waals surface area contributed by atoms with E-state index in [0.717, 1.165) is 10.5 Å². The van der Waals surface area contributed by atoms with E-state index >= 15 is 0 Å². The highest BCUT2D eigenvalue weighted by molar-refractivity contribution is 7.99. The van der Waals surface area contributed by atoms with Crippen molar-refractivity contribution < 1.29 is 13.2 Å². The van der Waals surface area contributed by atoms with Crippen LogP contribution in [0.3, 0.4) is 0 Å². The van der Waals surface area contributed by atoms with Crippen LogP contribution in [0.5, 0.6) is 0 Å². The fourth-order valence-electron chi connectivity index (χ4n) is 1.80. The maximum Gasteiger partial charge on any atom is 0.328 e. The van der Waals surface area contributed by atoms with Gasteiger partial charge in [-0.15, -0.1) is 11.8 Å². The molecular weight excluding hydrogens is 368 g/mol. The van der Waals surface area contributed by atoms with Gasteiger partial charge in [0.25, 0.3) is 10.0 Å². The van der Waals surface area contributed by atoms with Gasteiger partial charge in [0.05, 0.1) is 4.90 Å². The molecule has 128 valence electrons. The minimum atomic E-state index is -3.85. The second-order valence-corrected chi connectivity index (χ2v) is 8.26. The first-order valence-corrected chi connectivity index (χ1v) is 9.97. The van der Waals surface area contributed by atoms with E-state index in [1.165, 1.54) is 23.9 Å². The van der Waals surface area contributed by atoms with Gasteiger partial charge >= 0.3 is 6.03 Å². The maximum atomic E-state index is 12.1. The Morgan fingerprint density at radius 1 is 1.08 bits per heavy atom. The second-order valence-electron chi connectivity index (χ2n) is 4.98. The van der Waals surface area contributed by atoms with Gasteiger partial charge in [-0.05, 0) is 43.3 Å². The Morgan fingerprint density at radius 2 is 1.71 bits per heavy atom. The molecule has 0 aliphatic rings. The highest BCUT2D eigenvalue weighted by atomic mass is 35.5. The van der Waals surface area contributed by atoms with Crippen LogP contribution < -0.4 is 10.0 Å². The number of carbonyl (C=O) groups excluding carboxylic acids is 1. The van der Waals surface area contributed by atoms with Gasteiger partial charge in [-0.2, -0.15) is 0 Å². The van der Waals surface area contributed by atoms with Crippen molar-refractivity contribution in [2.75, 3.05) is 12.3 Å². The van der Waals surface area contributed by atoms with E-state index < -0.39 is 16.1 Å². The number of urea groups is 1. The third-order valence-corrected chi connectivity index (χ3v) is 5.64. The third-order valence-electron chi connectivity index (χ3n) is 3.03. The Labute approximate surface area is 150 Å². The lowest BCUT2D eigenvalue weighted by Crippen LogP contribution is -2.40. The van der Waals surface area contributed by atoms with Crippen LogP contribution >= 0.6 is 23.4 Å². The quantitative estimate of drug-likeness (QED) is 0.591. The third kappa shape index (κ3) is 5.74. The normalized spacial score (nSPS) is 11.1. The average molecular weight is 385 g/mol. The number of hydrogen-bond donors (Lipinski definition) is 2. The lowest BCUT2D eigenvalue weighted by atomic mass is 10.2. The molecule has 2 N–H and O–H groups in total. The van der Waals surface area contributed by atoms with Gasteiger partial charge in [-0.3, -0.25) is 0 Å². The monoisotopic (exact) mass is 384 g/mol. The fraction of sp³-hybridized carbons (Fsp3) is 0.188. The minimum Gasteiger partial charge on any atom is -0.336 e. The Bertz CT molecular complexity index is 791. The molecule has 2 amide bonds. The van der Waals surface area contributed by atoms with Gasteiger partial charge in [0.1, 0.15) is 0 Å². The zero-order valence-electron chi connectivity index (χ0n) is 13.0. The molecule has 2 aromatic rings. The van der Waals surface area contributed by atoms with Gasteiger partial charge in [-0.1, -0.05) is 29.3 Å². The summed E-state index contributed by atoms with van der Waals surface area (Å²) in [7, 11) is -3.85. The number of amides is 2.